The summed E-state index contributed by atoms with van der Waals surface area (Å²) in [7, 11) is 0. The lowest BCUT2D eigenvalue weighted by Crippen LogP contribution is -2.04. The van der Waals surface area contributed by atoms with Gasteiger partial charge in [0.25, 0.3) is 0 Å². The van der Waals surface area contributed by atoms with Crippen molar-refractivity contribution in [3.05, 3.63) is 82.8 Å². The second-order valence-electron chi connectivity index (χ2n) is 4.14. The summed E-state index contributed by atoms with van der Waals surface area (Å²) in [5.41, 5.74) is 1.17. The van der Waals surface area contributed by atoms with Crippen LogP contribution in [0.25, 0.3) is 0 Å². The van der Waals surface area contributed by atoms with E-state index >= 15 is 0 Å². The molecule has 3 heteroatoms. The van der Waals surface area contributed by atoms with E-state index in [9.17, 15) is 9.59 Å². The van der Waals surface area contributed by atoms with Gasteiger partial charge in [0.15, 0.2) is 11.6 Å². The Kier molecular flexibility index (Phi) is 4.91. The summed E-state index contributed by atoms with van der Waals surface area (Å²) in [6.45, 7) is 0. The molecule has 0 saturated carbocycles. The summed E-state index contributed by atoms with van der Waals surface area (Å²) in [6, 6.07) is 17.9. The van der Waals surface area contributed by atoms with Crippen LogP contribution in [0.2, 0.25) is 0 Å². The number of hydrogen-bond acceptors (Lipinski definition) is 3. The summed E-state index contributed by atoms with van der Waals surface area (Å²) >= 11 is 1.29. The first-order valence-electron chi connectivity index (χ1n) is 6.17. The first-order valence-corrected chi connectivity index (χ1v) is 7.39. The molecule has 0 fully saturated rings. The average Bonchev–Trinajstić information content (AvgIpc) is 2.53. The number of Topliss-reactive ketones (excluding diaryl/α,β-unsaturated/α-hetero) is 1. The average molecular weight is 282 g/mol. The summed E-state index contributed by atoms with van der Waals surface area (Å²) in [4.78, 5) is 24.9. The highest BCUT2D eigenvalue weighted by molar-refractivity contribution is 8.03. The molecule has 0 amide bonds. The number of benzene rings is 2. The van der Waals surface area contributed by atoms with Gasteiger partial charge in [-0.05, 0) is 6.26 Å². The van der Waals surface area contributed by atoms with Gasteiger partial charge in [-0.1, -0.05) is 60.7 Å². The van der Waals surface area contributed by atoms with Crippen molar-refractivity contribution in [1.82, 2.24) is 0 Å². The fourth-order valence-electron chi connectivity index (χ4n) is 1.75. The molecule has 0 saturated heterocycles. The van der Waals surface area contributed by atoms with Crippen LogP contribution in [0.5, 0.6) is 0 Å². The highest BCUT2D eigenvalue weighted by Crippen LogP contribution is 2.19. The lowest BCUT2D eigenvalue weighted by molar-refractivity contribution is 0.101. The Labute approximate surface area is 122 Å². The zero-order chi connectivity index (χ0) is 14.4. The predicted molar refractivity (Wildman–Crippen MR) is 83.1 cm³/mol. The molecule has 0 N–H and O–H groups in total. The van der Waals surface area contributed by atoms with Crippen LogP contribution < -0.4 is 0 Å². The minimum absolute atomic E-state index is 0.123. The first kappa shape index (κ1) is 14.3. The van der Waals surface area contributed by atoms with Crippen molar-refractivity contribution in [2.75, 3.05) is 6.26 Å². The third-order valence-electron chi connectivity index (χ3n) is 2.80. The van der Waals surface area contributed by atoms with Crippen LogP contribution in [0, 0.1) is 0 Å². The van der Waals surface area contributed by atoms with Gasteiger partial charge in [0.05, 0.1) is 4.91 Å². The fourth-order valence-corrected chi connectivity index (χ4v) is 2.28. The summed E-state index contributed by atoms with van der Waals surface area (Å²) in [5, 5.41) is 0. The van der Waals surface area contributed by atoms with Crippen molar-refractivity contribution in [3.63, 3.8) is 0 Å². The van der Waals surface area contributed by atoms with Crippen molar-refractivity contribution in [2.24, 2.45) is 0 Å². The highest BCUT2D eigenvalue weighted by Gasteiger charge is 2.13. The molecule has 0 heterocycles. The number of carbonyl (C=O) groups is 2. The number of hydrogen-bond donors (Lipinski definition) is 0. The zero-order valence-corrected chi connectivity index (χ0v) is 11.9. The normalized spacial score (nSPS) is 11.2. The van der Waals surface area contributed by atoms with Crippen LogP contribution in [-0.2, 0) is 0 Å². The molecule has 100 valence electrons. The maximum atomic E-state index is 12.3. The van der Waals surface area contributed by atoms with Crippen LogP contribution >= 0.6 is 11.8 Å². The van der Waals surface area contributed by atoms with Crippen molar-refractivity contribution in [3.8, 4) is 0 Å². The topological polar surface area (TPSA) is 34.1 Å². The quantitative estimate of drug-likeness (QED) is 0.614. The largest absolute Gasteiger partial charge is 0.289 e. The number of rotatable bonds is 5. The van der Waals surface area contributed by atoms with E-state index in [1.165, 1.54) is 17.8 Å². The molecule has 2 aromatic rings. The maximum Gasteiger partial charge on any atom is 0.199 e. The van der Waals surface area contributed by atoms with E-state index in [2.05, 4.69) is 0 Å². The number of ketones is 2. The predicted octanol–water partition coefficient (Wildman–Crippen LogP) is 4.00. The van der Waals surface area contributed by atoms with Crippen LogP contribution in [0.1, 0.15) is 20.7 Å². The lowest BCUT2D eigenvalue weighted by atomic mass is 10.1. The third kappa shape index (κ3) is 3.45. The molecule has 2 nitrogen and oxygen atoms in total. The Hall–Kier alpha value is -2.13. The molecule has 2 rings (SSSR count). The van der Waals surface area contributed by atoms with Gasteiger partial charge in [-0.2, -0.15) is 0 Å². The highest BCUT2D eigenvalue weighted by atomic mass is 32.2. The summed E-state index contributed by atoms with van der Waals surface area (Å²) in [5.74, 6) is -0.276. The number of allylic oxidation sites excluding steroid dienone is 2. The van der Waals surface area contributed by atoms with E-state index in [0.29, 0.717) is 16.0 Å². The van der Waals surface area contributed by atoms with Crippen LogP contribution in [0.4, 0.5) is 0 Å². The summed E-state index contributed by atoms with van der Waals surface area (Å²) in [6.07, 6.45) is 3.21. The second-order valence-corrected chi connectivity index (χ2v) is 4.99. The number of thioether (sulfide) groups is 1. The third-order valence-corrected chi connectivity index (χ3v) is 3.54. The smallest absolute Gasteiger partial charge is 0.199 e. The van der Waals surface area contributed by atoms with E-state index < -0.39 is 0 Å². The zero-order valence-electron chi connectivity index (χ0n) is 11.1. The maximum absolute atomic E-state index is 12.3. The minimum atomic E-state index is -0.153. The van der Waals surface area contributed by atoms with E-state index in [-0.39, 0.29) is 11.6 Å². The molecule has 0 aliphatic heterocycles. The van der Waals surface area contributed by atoms with E-state index in [4.69, 9.17) is 0 Å². The van der Waals surface area contributed by atoms with Gasteiger partial charge >= 0.3 is 0 Å². The Morgan fingerprint density at radius 2 is 1.35 bits per heavy atom. The van der Waals surface area contributed by atoms with Gasteiger partial charge in [-0.3, -0.25) is 9.59 Å². The Morgan fingerprint density at radius 1 is 0.850 bits per heavy atom. The van der Waals surface area contributed by atoms with Crippen molar-refractivity contribution in [1.29, 1.82) is 0 Å². The molecule has 0 aromatic heterocycles. The standard InChI is InChI=1S/C17H14O2S/c1-20-16(17(19)14-10-6-3-7-11-14)12-15(18)13-8-4-2-5-9-13/h2-12H,1H3. The van der Waals surface area contributed by atoms with E-state index in [1.807, 2.05) is 24.3 Å². The number of carbonyl (C=O) groups excluding carboxylic acids is 2. The van der Waals surface area contributed by atoms with E-state index in [0.717, 1.165) is 0 Å². The molecule has 2 aromatic carbocycles. The summed E-state index contributed by atoms with van der Waals surface area (Å²) < 4.78 is 0. The Morgan fingerprint density at radius 3 is 1.85 bits per heavy atom. The second kappa shape index (κ2) is 6.87. The monoisotopic (exact) mass is 282 g/mol. The SMILES string of the molecule is CSC(=CC(=O)c1ccccc1)C(=O)c1ccccc1. The van der Waals surface area contributed by atoms with Crippen LogP contribution in [0.15, 0.2) is 71.6 Å². The fraction of sp³-hybridized carbons (Fsp3) is 0.0588. The molecule has 0 bridgehead atoms. The minimum Gasteiger partial charge on any atom is -0.289 e. The molecular formula is C17H14O2S. The first-order chi connectivity index (χ1) is 9.72. The Bertz CT molecular complexity index is 631. The van der Waals surface area contributed by atoms with Crippen LogP contribution in [0.3, 0.4) is 0 Å². The van der Waals surface area contributed by atoms with Crippen molar-refractivity contribution in [2.45, 2.75) is 0 Å². The molecule has 0 unspecified atom stereocenters. The van der Waals surface area contributed by atoms with Crippen molar-refractivity contribution >= 4 is 23.3 Å². The molecule has 0 radical (unpaired) electrons. The van der Waals surface area contributed by atoms with Gasteiger partial charge < -0.3 is 0 Å². The van der Waals surface area contributed by atoms with E-state index in [1.54, 1.807) is 42.7 Å². The molecule has 0 atom stereocenters. The van der Waals surface area contributed by atoms with Gasteiger partial charge in [0.2, 0.25) is 0 Å². The lowest BCUT2D eigenvalue weighted by Gasteiger charge is -2.03. The van der Waals surface area contributed by atoms with Gasteiger partial charge in [0.1, 0.15) is 0 Å². The van der Waals surface area contributed by atoms with Gasteiger partial charge in [0, 0.05) is 17.2 Å². The molecule has 0 aliphatic rings. The molecule has 0 spiro atoms. The van der Waals surface area contributed by atoms with Gasteiger partial charge in [-0.15, -0.1) is 11.8 Å². The van der Waals surface area contributed by atoms with Gasteiger partial charge in [-0.25, -0.2) is 0 Å². The molecular weight excluding hydrogens is 268 g/mol. The molecule has 0 aliphatic carbocycles. The Balaban J connectivity index is 2.26. The molecule has 20 heavy (non-hydrogen) atoms. The van der Waals surface area contributed by atoms with Crippen LogP contribution in [-0.4, -0.2) is 17.8 Å². The van der Waals surface area contributed by atoms with Crippen molar-refractivity contribution < 1.29 is 9.59 Å².